The minimum Gasteiger partial charge on any atom is -0.244 e. The summed E-state index contributed by atoms with van der Waals surface area (Å²) in [6, 6.07) is 6.12. The molecule has 0 radical (unpaired) electrons. The molecule has 0 saturated carbocycles. The zero-order chi connectivity index (χ0) is 12.4. The van der Waals surface area contributed by atoms with Gasteiger partial charge < -0.3 is 0 Å². The summed E-state index contributed by atoms with van der Waals surface area (Å²) in [4.78, 5) is 0.00438. The van der Waals surface area contributed by atoms with Crippen molar-refractivity contribution in [3.8, 4) is 0 Å². The van der Waals surface area contributed by atoms with Gasteiger partial charge in [-0.3, -0.25) is 0 Å². The Balaban J connectivity index is 3.29. The third-order valence-corrected chi connectivity index (χ3v) is 5.45. The molecule has 1 aromatic rings. The molecular formula is C9H14N2O3S2. The third-order valence-electron chi connectivity index (χ3n) is 1.96. The van der Waals surface area contributed by atoms with Gasteiger partial charge in [-0.1, -0.05) is 28.4 Å². The van der Waals surface area contributed by atoms with Gasteiger partial charge in [0.15, 0.2) is 0 Å². The molecule has 0 spiro atoms. The highest BCUT2D eigenvalue weighted by Crippen LogP contribution is 2.14. The van der Waals surface area contributed by atoms with Gasteiger partial charge in [-0.15, -0.1) is 0 Å². The van der Waals surface area contributed by atoms with Crippen molar-refractivity contribution in [3.05, 3.63) is 29.8 Å². The first-order valence-electron chi connectivity index (χ1n) is 4.62. The second kappa shape index (κ2) is 4.52. The molecule has 1 rings (SSSR count). The first kappa shape index (κ1) is 13.1. The van der Waals surface area contributed by atoms with Crippen LogP contribution >= 0.6 is 0 Å². The molecule has 2 N–H and O–H groups in total. The predicted molar refractivity (Wildman–Crippen MR) is 63.7 cm³/mol. The van der Waals surface area contributed by atoms with Gasteiger partial charge in [0.1, 0.15) is 9.92 Å². The van der Waals surface area contributed by atoms with E-state index < -0.39 is 19.9 Å². The van der Waals surface area contributed by atoms with Crippen molar-refractivity contribution < 1.29 is 12.6 Å². The molecule has 7 heteroatoms. The molecule has 90 valence electrons. The molecule has 0 aromatic heterocycles. The molecule has 1 atom stereocenters. The summed E-state index contributed by atoms with van der Waals surface area (Å²) in [5.41, 5.74) is 0.933. The molecule has 5 nitrogen and oxygen atoms in total. The minimum atomic E-state index is -3.92. The number of hydrogen-bond acceptors (Lipinski definition) is 3. The lowest BCUT2D eigenvalue weighted by Crippen LogP contribution is -2.16. The molecule has 0 amide bonds. The van der Waals surface area contributed by atoms with Crippen molar-refractivity contribution in [2.75, 3.05) is 5.75 Å². The summed E-state index contributed by atoms with van der Waals surface area (Å²) in [5.74, 6) is -0.00189. The standard InChI is InChI=1S/C9H14N2O3S2/c1-3-15(10,12)11-16(13,14)9-6-4-8(2)5-7-9/h4-7H,3H2,1-2H3,(H2,10,11,12). The zero-order valence-electron chi connectivity index (χ0n) is 9.08. The van der Waals surface area contributed by atoms with Crippen LogP contribution in [0.15, 0.2) is 32.9 Å². The molecule has 0 fully saturated rings. The summed E-state index contributed by atoms with van der Waals surface area (Å²) < 4.78 is 38.1. The van der Waals surface area contributed by atoms with Crippen LogP contribution in [0, 0.1) is 6.92 Å². The highest BCUT2D eigenvalue weighted by atomic mass is 32.3. The van der Waals surface area contributed by atoms with Crippen molar-refractivity contribution in [1.82, 2.24) is 0 Å². The molecular weight excluding hydrogens is 248 g/mol. The fraction of sp³-hybridized carbons (Fsp3) is 0.333. The SMILES string of the molecule is CCS(N)(=O)=NS(=O)(=O)c1ccc(C)cc1. The Morgan fingerprint density at radius 2 is 1.69 bits per heavy atom. The van der Waals surface area contributed by atoms with Crippen LogP contribution < -0.4 is 5.14 Å². The first-order valence-corrected chi connectivity index (χ1v) is 7.81. The third kappa shape index (κ3) is 3.29. The lowest BCUT2D eigenvalue weighted by Gasteiger charge is -2.02. The second-order valence-corrected chi connectivity index (χ2v) is 7.32. The van der Waals surface area contributed by atoms with Crippen LogP contribution in [0.25, 0.3) is 0 Å². The maximum Gasteiger partial charge on any atom is 0.291 e. The second-order valence-electron chi connectivity index (χ2n) is 3.34. The Morgan fingerprint density at radius 1 is 1.19 bits per heavy atom. The number of nitrogens with two attached hydrogens (primary N) is 1. The van der Waals surface area contributed by atoms with Crippen molar-refractivity contribution in [3.63, 3.8) is 0 Å². The van der Waals surface area contributed by atoms with Gasteiger partial charge >= 0.3 is 0 Å². The quantitative estimate of drug-likeness (QED) is 0.882. The number of sulfonamides is 1. The maximum absolute atomic E-state index is 11.7. The Bertz CT molecular complexity index is 582. The van der Waals surface area contributed by atoms with E-state index in [2.05, 4.69) is 3.77 Å². The molecule has 0 heterocycles. The van der Waals surface area contributed by atoms with Gasteiger partial charge in [0, 0.05) is 5.75 Å². The van der Waals surface area contributed by atoms with Crippen LogP contribution in [-0.2, 0) is 19.9 Å². The summed E-state index contributed by atoms with van der Waals surface area (Å²) in [6.45, 7) is 3.36. The molecule has 16 heavy (non-hydrogen) atoms. The molecule has 1 unspecified atom stereocenters. The van der Waals surface area contributed by atoms with Crippen molar-refractivity contribution >= 4 is 19.9 Å². The lowest BCUT2D eigenvalue weighted by molar-refractivity contribution is 0.598. The Hall–Kier alpha value is -0.920. The summed E-state index contributed by atoms with van der Waals surface area (Å²) >= 11 is 0. The topological polar surface area (TPSA) is 89.6 Å². The van der Waals surface area contributed by atoms with E-state index in [0.717, 1.165) is 5.56 Å². The van der Waals surface area contributed by atoms with E-state index in [9.17, 15) is 12.6 Å². The number of nitrogens with zero attached hydrogens (tertiary/aromatic N) is 1. The predicted octanol–water partition coefficient (Wildman–Crippen LogP) is 1.05. The number of rotatable bonds is 3. The first-order chi connectivity index (χ1) is 7.27. The van der Waals surface area contributed by atoms with Crippen molar-refractivity contribution in [2.45, 2.75) is 18.7 Å². The average Bonchev–Trinajstić information content (AvgIpc) is 2.17. The van der Waals surface area contributed by atoms with E-state index in [1.165, 1.54) is 19.1 Å². The minimum absolute atomic E-state index is 0.00189. The largest absolute Gasteiger partial charge is 0.291 e. The van der Waals surface area contributed by atoms with Gasteiger partial charge in [-0.2, -0.15) is 8.42 Å². The fourth-order valence-corrected chi connectivity index (χ4v) is 3.55. The van der Waals surface area contributed by atoms with Gasteiger partial charge in [0.05, 0.1) is 4.90 Å². The fourth-order valence-electron chi connectivity index (χ4n) is 0.972. The lowest BCUT2D eigenvalue weighted by atomic mass is 10.2. The van der Waals surface area contributed by atoms with Crippen LogP contribution in [-0.4, -0.2) is 18.4 Å². The van der Waals surface area contributed by atoms with Crippen molar-refractivity contribution in [2.24, 2.45) is 8.91 Å². The molecule has 1 aromatic carbocycles. The number of benzene rings is 1. The highest BCUT2D eigenvalue weighted by Gasteiger charge is 2.15. The summed E-state index contributed by atoms with van der Waals surface area (Å²) in [6.07, 6.45) is 0. The average molecular weight is 262 g/mol. The van der Waals surface area contributed by atoms with Gasteiger partial charge in [0.25, 0.3) is 10.0 Å². The number of aryl methyl sites for hydroxylation is 1. The summed E-state index contributed by atoms with van der Waals surface area (Å²) in [7, 11) is -7.07. The van der Waals surface area contributed by atoms with Gasteiger partial charge in [0.2, 0.25) is 0 Å². The maximum atomic E-state index is 11.7. The molecule has 0 bridgehead atoms. The van der Waals surface area contributed by atoms with Crippen LogP contribution in [0.4, 0.5) is 0 Å². The van der Waals surface area contributed by atoms with E-state index in [0.29, 0.717) is 0 Å². The van der Waals surface area contributed by atoms with Gasteiger partial charge in [-0.05, 0) is 19.1 Å². The van der Waals surface area contributed by atoms with Crippen LogP contribution in [0.3, 0.4) is 0 Å². The van der Waals surface area contributed by atoms with E-state index in [1.807, 2.05) is 6.92 Å². The molecule has 0 saturated heterocycles. The smallest absolute Gasteiger partial charge is 0.244 e. The number of hydrogen-bond donors (Lipinski definition) is 1. The normalized spacial score (nSPS) is 15.4. The van der Waals surface area contributed by atoms with E-state index in [-0.39, 0.29) is 10.6 Å². The zero-order valence-corrected chi connectivity index (χ0v) is 10.7. The van der Waals surface area contributed by atoms with E-state index in [1.54, 1.807) is 12.1 Å². The Morgan fingerprint density at radius 3 is 2.12 bits per heavy atom. The monoisotopic (exact) mass is 262 g/mol. The van der Waals surface area contributed by atoms with Crippen LogP contribution in [0.2, 0.25) is 0 Å². The van der Waals surface area contributed by atoms with Crippen LogP contribution in [0.1, 0.15) is 12.5 Å². The highest BCUT2D eigenvalue weighted by molar-refractivity contribution is 8.02. The molecule has 0 aliphatic rings. The molecule has 0 aliphatic heterocycles. The van der Waals surface area contributed by atoms with Crippen LogP contribution in [0.5, 0.6) is 0 Å². The van der Waals surface area contributed by atoms with Gasteiger partial charge in [-0.25, -0.2) is 9.35 Å². The Labute approximate surface area is 96.0 Å². The Kier molecular flexibility index (Phi) is 3.72. The van der Waals surface area contributed by atoms with Crippen molar-refractivity contribution in [1.29, 1.82) is 0 Å². The van der Waals surface area contributed by atoms with E-state index in [4.69, 9.17) is 5.14 Å². The summed E-state index contributed by atoms with van der Waals surface area (Å²) in [5, 5.41) is 5.25. The van der Waals surface area contributed by atoms with E-state index >= 15 is 0 Å². The molecule has 0 aliphatic carbocycles.